The molecular weight excluding hydrogens is 297 g/mol. The molecule has 3 rings (SSSR count). The molecule has 3 amide bonds. The number of halogens is 1. The number of primary amides is 1. The minimum absolute atomic E-state index is 0.0635. The van der Waals surface area contributed by atoms with E-state index in [2.05, 4.69) is 5.32 Å². The zero-order valence-corrected chi connectivity index (χ0v) is 13.0. The van der Waals surface area contributed by atoms with Crippen molar-refractivity contribution < 1.29 is 14.0 Å². The van der Waals surface area contributed by atoms with Gasteiger partial charge in [-0.15, -0.1) is 0 Å². The number of amides is 3. The molecule has 0 unspecified atom stereocenters. The maximum atomic E-state index is 13.2. The number of nitrogens with zero attached hydrogens (tertiary/aromatic N) is 1. The van der Waals surface area contributed by atoms with Crippen LogP contribution < -0.4 is 11.1 Å². The third kappa shape index (κ3) is 4.00. The summed E-state index contributed by atoms with van der Waals surface area (Å²) in [6, 6.07) is 6.58. The number of piperidine rings is 1. The second kappa shape index (κ2) is 6.56. The lowest BCUT2D eigenvalue weighted by Gasteiger charge is -2.31. The van der Waals surface area contributed by atoms with Gasteiger partial charge in [0, 0.05) is 31.5 Å². The van der Waals surface area contributed by atoms with Crippen LogP contribution in [0.4, 0.5) is 9.18 Å². The van der Waals surface area contributed by atoms with E-state index in [9.17, 15) is 14.0 Å². The number of urea groups is 1. The smallest absolute Gasteiger partial charge is 0.317 e. The lowest BCUT2D eigenvalue weighted by atomic mass is 9.93. The molecule has 1 aromatic rings. The molecule has 23 heavy (non-hydrogen) atoms. The highest BCUT2D eigenvalue weighted by molar-refractivity contribution is 5.76. The summed E-state index contributed by atoms with van der Waals surface area (Å²) in [6.45, 7) is 1.31. The number of hydrogen-bond acceptors (Lipinski definition) is 2. The average molecular weight is 319 g/mol. The number of nitrogens with two attached hydrogens (primary N) is 1. The fourth-order valence-electron chi connectivity index (χ4n) is 3.33. The first kappa shape index (κ1) is 15.8. The molecule has 0 bridgehead atoms. The number of hydrogen-bond donors (Lipinski definition) is 2. The molecule has 1 aliphatic heterocycles. The van der Waals surface area contributed by atoms with Gasteiger partial charge in [0.1, 0.15) is 5.82 Å². The number of rotatable bonds is 4. The van der Waals surface area contributed by atoms with E-state index in [-0.39, 0.29) is 35.6 Å². The SMILES string of the molecule is NC(=O)CC1CCN(C(=O)N[C@@H]2C[C@@H]2c2cccc(F)c2)CC1. The standard InChI is InChI=1S/C17H22FN3O2/c18-13-3-1-2-12(9-13)14-10-15(14)20-17(23)21-6-4-11(5-7-21)8-16(19)22/h1-3,9,11,14-15H,4-8,10H2,(H2,19,22)(H,20,23)/t14-,15-/m1/s1. The molecular formula is C17H22FN3O2. The van der Waals surface area contributed by atoms with E-state index in [1.807, 2.05) is 6.07 Å². The molecule has 6 heteroatoms. The van der Waals surface area contributed by atoms with Crippen LogP contribution in [0.5, 0.6) is 0 Å². The van der Waals surface area contributed by atoms with Crippen LogP contribution in [0.3, 0.4) is 0 Å². The number of carbonyl (C=O) groups is 2. The van der Waals surface area contributed by atoms with Crippen molar-refractivity contribution in [3.63, 3.8) is 0 Å². The molecule has 1 saturated carbocycles. The van der Waals surface area contributed by atoms with Gasteiger partial charge in [-0.1, -0.05) is 12.1 Å². The van der Waals surface area contributed by atoms with E-state index in [1.165, 1.54) is 12.1 Å². The molecule has 124 valence electrons. The number of carbonyl (C=O) groups excluding carboxylic acids is 2. The first-order chi connectivity index (χ1) is 11.0. The van der Waals surface area contributed by atoms with Crippen LogP contribution in [-0.2, 0) is 4.79 Å². The van der Waals surface area contributed by atoms with Gasteiger partial charge < -0.3 is 16.0 Å². The van der Waals surface area contributed by atoms with E-state index in [0.717, 1.165) is 24.8 Å². The Morgan fingerprint density at radius 1 is 1.30 bits per heavy atom. The monoisotopic (exact) mass is 319 g/mol. The van der Waals surface area contributed by atoms with Crippen molar-refractivity contribution in [2.45, 2.75) is 37.6 Å². The highest BCUT2D eigenvalue weighted by Gasteiger charge is 2.40. The van der Waals surface area contributed by atoms with Crippen molar-refractivity contribution in [3.8, 4) is 0 Å². The van der Waals surface area contributed by atoms with Crippen LogP contribution in [0.1, 0.15) is 37.2 Å². The van der Waals surface area contributed by atoms with Gasteiger partial charge in [-0.05, 0) is 42.9 Å². The predicted octanol–water partition coefficient (Wildman–Crippen LogP) is 1.98. The zero-order valence-electron chi connectivity index (χ0n) is 13.0. The summed E-state index contributed by atoms with van der Waals surface area (Å²) in [5.74, 6) is -0.0145. The van der Waals surface area contributed by atoms with Crippen LogP contribution in [0.15, 0.2) is 24.3 Å². The Balaban J connectivity index is 1.45. The van der Waals surface area contributed by atoms with Gasteiger partial charge in [0.05, 0.1) is 0 Å². The minimum atomic E-state index is -0.274. The quantitative estimate of drug-likeness (QED) is 0.890. The summed E-state index contributed by atoms with van der Waals surface area (Å²) in [5.41, 5.74) is 6.15. The highest BCUT2D eigenvalue weighted by Crippen LogP contribution is 2.41. The zero-order chi connectivity index (χ0) is 16.4. The second-order valence-corrected chi connectivity index (χ2v) is 6.55. The van der Waals surface area contributed by atoms with Crippen molar-refractivity contribution in [2.75, 3.05) is 13.1 Å². The average Bonchev–Trinajstić information content (AvgIpc) is 3.26. The Labute approximate surface area is 135 Å². The summed E-state index contributed by atoms with van der Waals surface area (Å²) in [5, 5.41) is 3.02. The van der Waals surface area contributed by atoms with Crippen LogP contribution in [0.2, 0.25) is 0 Å². The maximum absolute atomic E-state index is 13.2. The Kier molecular flexibility index (Phi) is 4.50. The molecule has 1 saturated heterocycles. The largest absolute Gasteiger partial charge is 0.370 e. The number of nitrogens with one attached hydrogen (secondary N) is 1. The molecule has 2 aliphatic rings. The summed E-state index contributed by atoms with van der Waals surface area (Å²) in [6.07, 6.45) is 2.88. The normalized spacial score (nSPS) is 24.3. The summed E-state index contributed by atoms with van der Waals surface area (Å²) in [7, 11) is 0. The highest BCUT2D eigenvalue weighted by atomic mass is 19.1. The van der Waals surface area contributed by atoms with E-state index in [1.54, 1.807) is 11.0 Å². The minimum Gasteiger partial charge on any atom is -0.370 e. The van der Waals surface area contributed by atoms with E-state index in [0.29, 0.717) is 19.5 Å². The first-order valence-electron chi connectivity index (χ1n) is 8.12. The topological polar surface area (TPSA) is 75.4 Å². The van der Waals surface area contributed by atoms with Gasteiger partial charge in [-0.2, -0.15) is 0 Å². The van der Waals surface area contributed by atoms with Crippen molar-refractivity contribution in [1.29, 1.82) is 0 Å². The molecule has 0 aromatic heterocycles. The molecule has 1 heterocycles. The Hall–Kier alpha value is -2.11. The molecule has 1 aromatic carbocycles. The Bertz CT molecular complexity index is 599. The van der Waals surface area contributed by atoms with Gasteiger partial charge in [0.25, 0.3) is 0 Å². The van der Waals surface area contributed by atoms with E-state index < -0.39 is 0 Å². The first-order valence-corrected chi connectivity index (χ1v) is 8.12. The third-order valence-corrected chi connectivity index (χ3v) is 4.77. The molecule has 2 fully saturated rings. The second-order valence-electron chi connectivity index (χ2n) is 6.55. The lowest BCUT2D eigenvalue weighted by Crippen LogP contribution is -2.45. The summed E-state index contributed by atoms with van der Waals surface area (Å²) in [4.78, 5) is 25.0. The van der Waals surface area contributed by atoms with Crippen molar-refractivity contribution in [1.82, 2.24) is 10.2 Å². The number of benzene rings is 1. The van der Waals surface area contributed by atoms with Crippen molar-refractivity contribution in [3.05, 3.63) is 35.6 Å². The van der Waals surface area contributed by atoms with Crippen molar-refractivity contribution in [2.24, 2.45) is 11.7 Å². The fraction of sp³-hybridized carbons (Fsp3) is 0.529. The van der Waals surface area contributed by atoms with Crippen LogP contribution >= 0.6 is 0 Å². The summed E-state index contributed by atoms with van der Waals surface area (Å²) >= 11 is 0. The van der Waals surface area contributed by atoms with Crippen LogP contribution in [0, 0.1) is 11.7 Å². The molecule has 2 atom stereocenters. The van der Waals surface area contributed by atoms with Gasteiger partial charge in [-0.3, -0.25) is 4.79 Å². The Morgan fingerprint density at radius 2 is 2.04 bits per heavy atom. The molecule has 0 radical (unpaired) electrons. The van der Waals surface area contributed by atoms with Gasteiger partial charge in [0.2, 0.25) is 5.91 Å². The maximum Gasteiger partial charge on any atom is 0.317 e. The van der Waals surface area contributed by atoms with Crippen LogP contribution in [-0.4, -0.2) is 36.0 Å². The lowest BCUT2D eigenvalue weighted by molar-refractivity contribution is -0.119. The van der Waals surface area contributed by atoms with Gasteiger partial charge in [0.15, 0.2) is 0 Å². The molecule has 5 nitrogen and oxygen atoms in total. The molecule has 3 N–H and O–H groups in total. The third-order valence-electron chi connectivity index (χ3n) is 4.77. The molecule has 0 spiro atoms. The van der Waals surface area contributed by atoms with Gasteiger partial charge >= 0.3 is 6.03 Å². The van der Waals surface area contributed by atoms with Gasteiger partial charge in [-0.25, -0.2) is 9.18 Å². The summed E-state index contributed by atoms with van der Waals surface area (Å²) < 4.78 is 13.2. The van der Waals surface area contributed by atoms with Crippen molar-refractivity contribution >= 4 is 11.9 Å². The Morgan fingerprint density at radius 3 is 2.70 bits per heavy atom. The number of likely N-dealkylation sites (tertiary alicyclic amines) is 1. The fourth-order valence-corrected chi connectivity index (χ4v) is 3.33. The molecule has 1 aliphatic carbocycles. The van der Waals surface area contributed by atoms with E-state index in [4.69, 9.17) is 5.73 Å². The van der Waals surface area contributed by atoms with E-state index >= 15 is 0 Å². The van der Waals surface area contributed by atoms with Crippen LogP contribution in [0.25, 0.3) is 0 Å². The predicted molar refractivity (Wildman–Crippen MR) is 84.2 cm³/mol.